The van der Waals surface area contributed by atoms with Gasteiger partial charge in [-0.25, -0.2) is 21.6 Å². The van der Waals surface area contributed by atoms with E-state index in [9.17, 15) is 26.9 Å². The average molecular weight is 320 g/mol. The zero-order valence-electron chi connectivity index (χ0n) is 10.2. The fourth-order valence-electron chi connectivity index (χ4n) is 1.92. The SMILES string of the molecule is O=[N+]([O-])c1ccc(S(=O)(=O)NC2CCS(=O)(=O)C2)cc1. The molecule has 0 aliphatic carbocycles. The maximum Gasteiger partial charge on any atom is 0.269 e. The van der Waals surface area contributed by atoms with Crippen LogP contribution < -0.4 is 4.72 Å². The van der Waals surface area contributed by atoms with Gasteiger partial charge in [0.05, 0.1) is 21.3 Å². The lowest BCUT2D eigenvalue weighted by atomic mass is 10.3. The number of rotatable bonds is 4. The van der Waals surface area contributed by atoms with Crippen molar-refractivity contribution in [3.8, 4) is 0 Å². The molecule has 1 aromatic rings. The molecule has 1 atom stereocenters. The maximum absolute atomic E-state index is 12.0. The number of non-ortho nitro benzene ring substituents is 1. The number of sulfonamides is 1. The highest BCUT2D eigenvalue weighted by Gasteiger charge is 2.31. The molecule has 0 saturated carbocycles. The molecule has 1 fully saturated rings. The molecule has 1 aliphatic rings. The van der Waals surface area contributed by atoms with Crippen molar-refractivity contribution in [2.24, 2.45) is 0 Å². The number of nitrogens with one attached hydrogen (secondary N) is 1. The van der Waals surface area contributed by atoms with Crippen molar-refractivity contribution < 1.29 is 21.8 Å². The number of nitro benzene ring substituents is 1. The molecular weight excluding hydrogens is 308 g/mol. The summed E-state index contributed by atoms with van der Waals surface area (Å²) in [6.07, 6.45) is 0.231. The molecule has 0 radical (unpaired) electrons. The summed E-state index contributed by atoms with van der Waals surface area (Å²) in [5, 5.41) is 10.5. The van der Waals surface area contributed by atoms with Crippen molar-refractivity contribution in [2.75, 3.05) is 11.5 Å². The van der Waals surface area contributed by atoms with Gasteiger partial charge in [-0.1, -0.05) is 0 Å². The van der Waals surface area contributed by atoms with Gasteiger partial charge in [0, 0.05) is 18.2 Å². The lowest BCUT2D eigenvalue weighted by Crippen LogP contribution is -2.35. The first kappa shape index (κ1) is 14.9. The second-order valence-corrected chi connectivity index (χ2v) is 8.41. The summed E-state index contributed by atoms with van der Waals surface area (Å²) >= 11 is 0. The van der Waals surface area contributed by atoms with E-state index in [1.807, 2.05) is 0 Å². The van der Waals surface area contributed by atoms with Crippen molar-refractivity contribution >= 4 is 25.5 Å². The van der Waals surface area contributed by atoms with Gasteiger partial charge in [-0.15, -0.1) is 0 Å². The van der Waals surface area contributed by atoms with Crippen molar-refractivity contribution in [1.29, 1.82) is 0 Å². The summed E-state index contributed by atoms with van der Waals surface area (Å²) in [5.41, 5.74) is -0.215. The number of nitro groups is 1. The first-order valence-electron chi connectivity index (χ1n) is 5.67. The molecule has 0 bridgehead atoms. The normalized spacial score (nSPS) is 21.7. The first-order chi connectivity index (χ1) is 9.20. The molecular formula is C10H12N2O6S2. The molecule has 1 unspecified atom stereocenters. The summed E-state index contributed by atoms with van der Waals surface area (Å²) in [6.45, 7) is 0. The van der Waals surface area contributed by atoms with Crippen LogP contribution in [0.2, 0.25) is 0 Å². The Morgan fingerprint density at radius 3 is 2.30 bits per heavy atom. The van der Waals surface area contributed by atoms with Crippen LogP contribution in [0.5, 0.6) is 0 Å². The van der Waals surface area contributed by atoms with Crippen molar-refractivity contribution in [1.82, 2.24) is 4.72 Å². The van der Waals surface area contributed by atoms with Crippen LogP contribution in [-0.4, -0.2) is 39.3 Å². The van der Waals surface area contributed by atoms with Crippen LogP contribution in [0.25, 0.3) is 0 Å². The number of sulfone groups is 1. The summed E-state index contributed by atoms with van der Waals surface area (Å²) < 4.78 is 48.9. The van der Waals surface area contributed by atoms with Gasteiger partial charge in [0.1, 0.15) is 0 Å². The number of nitrogens with zero attached hydrogens (tertiary/aromatic N) is 1. The Balaban J connectivity index is 2.16. The van der Waals surface area contributed by atoms with Crippen LogP contribution in [0.3, 0.4) is 0 Å². The van der Waals surface area contributed by atoms with E-state index >= 15 is 0 Å². The molecule has 110 valence electrons. The molecule has 20 heavy (non-hydrogen) atoms. The first-order valence-corrected chi connectivity index (χ1v) is 8.97. The molecule has 1 aliphatic heterocycles. The number of hydrogen-bond acceptors (Lipinski definition) is 6. The zero-order chi connectivity index (χ0) is 15.0. The molecule has 10 heteroatoms. The quantitative estimate of drug-likeness (QED) is 0.618. The van der Waals surface area contributed by atoms with Crippen molar-refractivity contribution in [2.45, 2.75) is 17.4 Å². The Morgan fingerprint density at radius 1 is 1.25 bits per heavy atom. The Labute approximate surface area is 115 Å². The second-order valence-electron chi connectivity index (χ2n) is 4.47. The smallest absolute Gasteiger partial charge is 0.258 e. The van der Waals surface area contributed by atoms with Crippen molar-refractivity contribution in [3.05, 3.63) is 34.4 Å². The molecule has 0 aromatic heterocycles. The standard InChI is InChI=1S/C10H12N2O6S2/c13-12(14)9-1-3-10(4-2-9)20(17,18)11-8-5-6-19(15,16)7-8/h1-4,8,11H,5-7H2. The minimum atomic E-state index is -3.87. The van der Waals surface area contributed by atoms with E-state index in [4.69, 9.17) is 0 Å². The molecule has 8 nitrogen and oxygen atoms in total. The molecule has 0 amide bonds. The van der Waals surface area contributed by atoms with Crippen LogP contribution >= 0.6 is 0 Å². The number of hydrogen-bond donors (Lipinski definition) is 1. The monoisotopic (exact) mass is 320 g/mol. The van der Waals surface area contributed by atoms with Gasteiger partial charge in [0.25, 0.3) is 5.69 Å². The van der Waals surface area contributed by atoms with Gasteiger partial charge in [0.2, 0.25) is 10.0 Å². The van der Waals surface area contributed by atoms with Gasteiger partial charge in [0.15, 0.2) is 9.84 Å². The largest absolute Gasteiger partial charge is 0.269 e. The Morgan fingerprint density at radius 2 is 1.85 bits per heavy atom. The maximum atomic E-state index is 12.0. The average Bonchev–Trinajstić information content (AvgIpc) is 2.68. The van der Waals surface area contributed by atoms with Gasteiger partial charge < -0.3 is 0 Å². The topological polar surface area (TPSA) is 123 Å². The summed E-state index contributed by atoms with van der Waals surface area (Å²) in [7, 11) is -7.06. The second kappa shape index (κ2) is 5.11. The predicted octanol–water partition coefficient (Wildman–Crippen LogP) is 0.0602. The van der Waals surface area contributed by atoms with Crippen LogP contribution in [0.4, 0.5) is 5.69 Å². The highest BCUT2D eigenvalue weighted by Crippen LogP contribution is 2.18. The molecule has 1 heterocycles. The fourth-order valence-corrected chi connectivity index (χ4v) is 4.97. The van der Waals surface area contributed by atoms with E-state index in [1.165, 1.54) is 0 Å². The molecule has 2 rings (SSSR count). The Kier molecular flexibility index (Phi) is 3.80. The van der Waals surface area contributed by atoms with E-state index in [2.05, 4.69) is 4.72 Å². The third kappa shape index (κ3) is 3.32. The van der Waals surface area contributed by atoms with Gasteiger partial charge in [-0.05, 0) is 18.6 Å². The number of benzene rings is 1. The van der Waals surface area contributed by atoms with E-state index in [1.54, 1.807) is 0 Å². The summed E-state index contributed by atoms with van der Waals surface area (Å²) in [4.78, 5) is 9.72. The third-order valence-corrected chi connectivity index (χ3v) is 6.22. The lowest BCUT2D eigenvalue weighted by Gasteiger charge is -2.11. The molecule has 0 spiro atoms. The van der Waals surface area contributed by atoms with Gasteiger partial charge >= 0.3 is 0 Å². The van der Waals surface area contributed by atoms with E-state index in [-0.39, 0.29) is 28.5 Å². The Bertz CT molecular complexity index is 724. The van der Waals surface area contributed by atoms with Gasteiger partial charge in [-0.2, -0.15) is 0 Å². The fraction of sp³-hybridized carbons (Fsp3) is 0.400. The zero-order valence-corrected chi connectivity index (χ0v) is 11.9. The summed E-state index contributed by atoms with van der Waals surface area (Å²) in [6, 6.07) is 3.74. The van der Waals surface area contributed by atoms with E-state index < -0.39 is 30.8 Å². The summed E-state index contributed by atoms with van der Waals surface area (Å²) in [5.74, 6) is -0.264. The predicted molar refractivity (Wildman–Crippen MR) is 70.5 cm³/mol. The van der Waals surface area contributed by atoms with Crippen LogP contribution in [-0.2, 0) is 19.9 Å². The molecule has 1 saturated heterocycles. The van der Waals surface area contributed by atoms with Crippen molar-refractivity contribution in [3.63, 3.8) is 0 Å². The molecule has 1 aromatic carbocycles. The van der Waals surface area contributed by atoms with Crippen LogP contribution in [0.1, 0.15) is 6.42 Å². The minimum absolute atomic E-state index is 0.0412. The lowest BCUT2D eigenvalue weighted by molar-refractivity contribution is -0.384. The van der Waals surface area contributed by atoms with Crippen LogP contribution in [0.15, 0.2) is 29.2 Å². The highest BCUT2D eigenvalue weighted by atomic mass is 32.2. The third-order valence-electron chi connectivity index (χ3n) is 2.91. The Hall–Kier alpha value is -1.52. The van der Waals surface area contributed by atoms with E-state index in [0.29, 0.717) is 0 Å². The minimum Gasteiger partial charge on any atom is -0.258 e. The molecule has 1 N–H and O–H groups in total. The van der Waals surface area contributed by atoms with E-state index in [0.717, 1.165) is 24.3 Å². The van der Waals surface area contributed by atoms with Gasteiger partial charge in [-0.3, -0.25) is 10.1 Å². The highest BCUT2D eigenvalue weighted by molar-refractivity contribution is 7.92. The van der Waals surface area contributed by atoms with Crippen LogP contribution in [0, 0.1) is 10.1 Å².